The number of pyridine rings is 1. The molecular weight excluding hydrogens is 218 g/mol. The van der Waals surface area contributed by atoms with Crippen molar-refractivity contribution < 1.29 is 13.6 Å². The van der Waals surface area contributed by atoms with E-state index in [0.717, 1.165) is 4.90 Å². The molecule has 3 N–H and O–H groups in total. The molecule has 0 aliphatic carbocycles. The Balaban J connectivity index is 2.87. The van der Waals surface area contributed by atoms with E-state index in [1.165, 1.54) is 25.5 Å². The van der Waals surface area contributed by atoms with Gasteiger partial charge in [0, 0.05) is 19.4 Å². The standard InChI is InChI=1S/C9H12F2N4O/c1-15(5-8(10)11)9(16)6-4-13-3-2-7(6)14-12/h2-4,8H,5,12H2,1H3,(H,13,14). The lowest BCUT2D eigenvalue weighted by Crippen LogP contribution is -2.32. The van der Waals surface area contributed by atoms with Gasteiger partial charge in [-0.05, 0) is 6.07 Å². The molecule has 0 unspecified atom stereocenters. The highest BCUT2D eigenvalue weighted by molar-refractivity contribution is 5.99. The Bertz CT molecular complexity index is 372. The van der Waals surface area contributed by atoms with Crippen molar-refractivity contribution in [2.45, 2.75) is 6.43 Å². The summed E-state index contributed by atoms with van der Waals surface area (Å²) in [4.78, 5) is 16.4. The summed E-state index contributed by atoms with van der Waals surface area (Å²) in [5, 5.41) is 0. The van der Waals surface area contributed by atoms with Gasteiger partial charge in [-0.1, -0.05) is 0 Å². The van der Waals surface area contributed by atoms with Crippen LogP contribution in [-0.4, -0.2) is 35.8 Å². The second-order valence-electron chi connectivity index (χ2n) is 3.14. The number of halogens is 2. The second-order valence-corrected chi connectivity index (χ2v) is 3.14. The number of nitrogens with one attached hydrogen (secondary N) is 1. The highest BCUT2D eigenvalue weighted by Gasteiger charge is 2.18. The third-order valence-electron chi connectivity index (χ3n) is 1.97. The molecule has 1 heterocycles. The van der Waals surface area contributed by atoms with E-state index in [1.54, 1.807) is 0 Å². The van der Waals surface area contributed by atoms with E-state index in [9.17, 15) is 13.6 Å². The molecule has 0 atom stereocenters. The number of hydrogen-bond donors (Lipinski definition) is 2. The summed E-state index contributed by atoms with van der Waals surface area (Å²) >= 11 is 0. The number of carbonyl (C=O) groups excluding carboxylic acids is 1. The largest absolute Gasteiger partial charge is 0.336 e. The summed E-state index contributed by atoms with van der Waals surface area (Å²) in [6, 6.07) is 1.49. The van der Waals surface area contributed by atoms with E-state index in [1.807, 2.05) is 0 Å². The Morgan fingerprint density at radius 1 is 1.69 bits per heavy atom. The zero-order valence-electron chi connectivity index (χ0n) is 8.65. The predicted molar refractivity (Wildman–Crippen MR) is 55.0 cm³/mol. The maximum Gasteiger partial charge on any atom is 0.257 e. The molecule has 1 amide bonds. The third-order valence-corrected chi connectivity index (χ3v) is 1.97. The number of anilines is 1. The van der Waals surface area contributed by atoms with Gasteiger partial charge in [0.15, 0.2) is 0 Å². The lowest BCUT2D eigenvalue weighted by molar-refractivity contribution is 0.0620. The predicted octanol–water partition coefficient (Wildman–Crippen LogP) is 0.704. The summed E-state index contributed by atoms with van der Waals surface area (Å²) in [5.41, 5.74) is 2.82. The second kappa shape index (κ2) is 5.36. The Morgan fingerprint density at radius 2 is 2.38 bits per heavy atom. The number of nitrogen functional groups attached to an aromatic ring is 1. The van der Waals surface area contributed by atoms with Crippen LogP contribution in [0.4, 0.5) is 14.5 Å². The SMILES string of the molecule is CN(CC(F)F)C(=O)c1cnccc1NN. The van der Waals surface area contributed by atoms with Crippen molar-refractivity contribution in [3.63, 3.8) is 0 Å². The molecule has 0 aliphatic rings. The van der Waals surface area contributed by atoms with Gasteiger partial charge >= 0.3 is 0 Å². The van der Waals surface area contributed by atoms with Crippen LogP contribution in [0.25, 0.3) is 0 Å². The summed E-state index contributed by atoms with van der Waals surface area (Å²) < 4.78 is 24.2. The van der Waals surface area contributed by atoms with E-state index in [-0.39, 0.29) is 5.56 Å². The fourth-order valence-corrected chi connectivity index (χ4v) is 1.19. The monoisotopic (exact) mass is 230 g/mol. The Hall–Kier alpha value is -1.76. The van der Waals surface area contributed by atoms with Crippen LogP contribution in [0.3, 0.4) is 0 Å². The average Bonchev–Trinajstić information content (AvgIpc) is 2.27. The van der Waals surface area contributed by atoms with Crippen molar-refractivity contribution in [2.24, 2.45) is 5.84 Å². The first-order chi connectivity index (χ1) is 7.56. The van der Waals surface area contributed by atoms with Gasteiger partial charge in [-0.25, -0.2) is 8.78 Å². The highest BCUT2D eigenvalue weighted by Crippen LogP contribution is 2.14. The van der Waals surface area contributed by atoms with Crippen molar-refractivity contribution in [3.8, 4) is 0 Å². The first-order valence-corrected chi connectivity index (χ1v) is 4.50. The van der Waals surface area contributed by atoms with E-state index in [4.69, 9.17) is 5.84 Å². The quantitative estimate of drug-likeness (QED) is 0.590. The summed E-state index contributed by atoms with van der Waals surface area (Å²) in [6.45, 7) is -0.627. The number of nitrogens with zero attached hydrogens (tertiary/aromatic N) is 2. The molecule has 0 saturated carbocycles. The maximum absolute atomic E-state index is 12.1. The zero-order valence-corrected chi connectivity index (χ0v) is 8.65. The summed E-state index contributed by atoms with van der Waals surface area (Å²) in [6.07, 6.45) is 0.151. The van der Waals surface area contributed by atoms with Crippen LogP contribution in [0.1, 0.15) is 10.4 Å². The molecule has 0 aromatic carbocycles. The molecule has 0 spiro atoms. The molecular formula is C9H12F2N4O. The molecule has 5 nitrogen and oxygen atoms in total. The molecule has 1 aromatic heterocycles. The molecule has 0 aliphatic heterocycles. The lowest BCUT2D eigenvalue weighted by Gasteiger charge is -2.17. The lowest BCUT2D eigenvalue weighted by atomic mass is 10.2. The fourth-order valence-electron chi connectivity index (χ4n) is 1.19. The Kier molecular flexibility index (Phi) is 4.12. The van der Waals surface area contributed by atoms with Crippen molar-refractivity contribution in [1.29, 1.82) is 0 Å². The van der Waals surface area contributed by atoms with Crippen molar-refractivity contribution in [2.75, 3.05) is 19.0 Å². The van der Waals surface area contributed by atoms with E-state index < -0.39 is 18.9 Å². The fraction of sp³-hybridized carbons (Fsp3) is 0.333. The summed E-state index contributed by atoms with van der Waals surface area (Å²) in [7, 11) is 1.29. The first kappa shape index (κ1) is 12.3. The average molecular weight is 230 g/mol. The number of rotatable bonds is 4. The van der Waals surface area contributed by atoms with Crippen LogP contribution in [0, 0.1) is 0 Å². The molecule has 7 heteroatoms. The number of nitrogens with two attached hydrogens (primary N) is 1. The smallest absolute Gasteiger partial charge is 0.257 e. The number of hydrazine groups is 1. The van der Waals surface area contributed by atoms with Crippen molar-refractivity contribution >= 4 is 11.6 Å². The Labute approximate surface area is 91.2 Å². The van der Waals surface area contributed by atoms with Crippen LogP contribution in [0.15, 0.2) is 18.5 Å². The van der Waals surface area contributed by atoms with E-state index >= 15 is 0 Å². The normalized spacial score (nSPS) is 10.3. The van der Waals surface area contributed by atoms with Gasteiger partial charge in [-0.15, -0.1) is 0 Å². The minimum absolute atomic E-state index is 0.160. The molecule has 16 heavy (non-hydrogen) atoms. The van der Waals surface area contributed by atoms with E-state index in [0.29, 0.717) is 5.69 Å². The zero-order chi connectivity index (χ0) is 12.1. The van der Waals surface area contributed by atoms with E-state index in [2.05, 4.69) is 10.4 Å². The van der Waals surface area contributed by atoms with Crippen LogP contribution >= 0.6 is 0 Å². The molecule has 0 fully saturated rings. The van der Waals surface area contributed by atoms with Crippen LogP contribution in [-0.2, 0) is 0 Å². The topological polar surface area (TPSA) is 71.2 Å². The number of hydrogen-bond acceptors (Lipinski definition) is 4. The van der Waals surface area contributed by atoms with Gasteiger partial charge in [0.25, 0.3) is 12.3 Å². The third kappa shape index (κ3) is 2.86. The molecule has 1 aromatic rings. The maximum atomic E-state index is 12.1. The van der Waals surface area contributed by atoms with Gasteiger partial charge in [0.05, 0.1) is 17.8 Å². The van der Waals surface area contributed by atoms with Gasteiger partial charge < -0.3 is 10.3 Å². The molecule has 0 radical (unpaired) electrons. The molecule has 88 valence electrons. The first-order valence-electron chi connectivity index (χ1n) is 4.50. The number of amides is 1. The van der Waals surface area contributed by atoms with Crippen molar-refractivity contribution in [3.05, 3.63) is 24.0 Å². The molecule has 0 saturated heterocycles. The van der Waals surface area contributed by atoms with Crippen LogP contribution < -0.4 is 11.3 Å². The van der Waals surface area contributed by atoms with Gasteiger partial charge in [-0.3, -0.25) is 15.6 Å². The van der Waals surface area contributed by atoms with Gasteiger partial charge in [0.1, 0.15) is 0 Å². The minimum Gasteiger partial charge on any atom is -0.336 e. The Morgan fingerprint density at radius 3 is 2.94 bits per heavy atom. The van der Waals surface area contributed by atoms with Gasteiger partial charge in [0.2, 0.25) is 0 Å². The number of alkyl halides is 2. The van der Waals surface area contributed by atoms with Crippen LogP contribution in [0.2, 0.25) is 0 Å². The molecule has 0 bridgehead atoms. The van der Waals surface area contributed by atoms with Crippen molar-refractivity contribution in [1.82, 2.24) is 9.88 Å². The highest BCUT2D eigenvalue weighted by atomic mass is 19.3. The number of carbonyl (C=O) groups is 1. The van der Waals surface area contributed by atoms with Crippen LogP contribution in [0.5, 0.6) is 0 Å². The molecule has 1 rings (SSSR count). The minimum atomic E-state index is -2.57. The van der Waals surface area contributed by atoms with Gasteiger partial charge in [-0.2, -0.15) is 0 Å². The summed E-state index contributed by atoms with van der Waals surface area (Å²) in [5.74, 6) is 4.64. The number of aromatic nitrogens is 1.